The second kappa shape index (κ2) is 8.05. The van der Waals surface area contributed by atoms with Crippen LogP contribution in [0.5, 0.6) is 0 Å². The SMILES string of the molecule is Fc1ccccc1SCCCCCCS. The van der Waals surface area contributed by atoms with Crippen LogP contribution in [0, 0.1) is 5.82 Å². The maximum atomic E-state index is 13.2. The van der Waals surface area contributed by atoms with E-state index in [1.807, 2.05) is 12.1 Å². The molecule has 1 aromatic rings. The van der Waals surface area contributed by atoms with Gasteiger partial charge in [0.2, 0.25) is 0 Å². The maximum Gasteiger partial charge on any atom is 0.136 e. The molecule has 3 heteroatoms. The molecule has 15 heavy (non-hydrogen) atoms. The van der Waals surface area contributed by atoms with E-state index >= 15 is 0 Å². The third-order valence-electron chi connectivity index (χ3n) is 2.15. The molecule has 0 N–H and O–H groups in total. The summed E-state index contributed by atoms with van der Waals surface area (Å²) in [7, 11) is 0. The van der Waals surface area contributed by atoms with E-state index in [2.05, 4.69) is 12.6 Å². The molecular weight excluding hydrogens is 227 g/mol. The van der Waals surface area contributed by atoms with Gasteiger partial charge in [0, 0.05) is 4.90 Å². The Morgan fingerprint density at radius 2 is 1.80 bits per heavy atom. The van der Waals surface area contributed by atoms with Crippen LogP contribution in [0.4, 0.5) is 4.39 Å². The molecule has 0 fully saturated rings. The standard InChI is InChI=1S/C12H17FS2/c13-11-7-3-4-8-12(11)15-10-6-2-1-5-9-14/h3-4,7-8,14H,1-2,5-6,9-10H2. The van der Waals surface area contributed by atoms with Crippen LogP contribution >= 0.6 is 24.4 Å². The van der Waals surface area contributed by atoms with Crippen molar-refractivity contribution in [3.05, 3.63) is 30.1 Å². The lowest BCUT2D eigenvalue weighted by Crippen LogP contribution is -1.85. The molecule has 1 rings (SSSR count). The molecule has 0 spiro atoms. The highest BCUT2D eigenvalue weighted by molar-refractivity contribution is 7.99. The van der Waals surface area contributed by atoms with Crippen molar-refractivity contribution in [1.82, 2.24) is 0 Å². The van der Waals surface area contributed by atoms with E-state index in [9.17, 15) is 4.39 Å². The van der Waals surface area contributed by atoms with Gasteiger partial charge in [-0.3, -0.25) is 0 Å². The first-order valence-electron chi connectivity index (χ1n) is 5.33. The smallest absolute Gasteiger partial charge is 0.136 e. The molecule has 0 aliphatic heterocycles. The Bertz CT molecular complexity index is 276. The van der Waals surface area contributed by atoms with Crippen molar-refractivity contribution in [1.29, 1.82) is 0 Å². The van der Waals surface area contributed by atoms with Gasteiger partial charge in [0.05, 0.1) is 0 Å². The van der Waals surface area contributed by atoms with Gasteiger partial charge >= 0.3 is 0 Å². The third-order valence-corrected chi connectivity index (χ3v) is 3.60. The Kier molecular flexibility index (Phi) is 6.94. The summed E-state index contributed by atoms with van der Waals surface area (Å²) in [6, 6.07) is 6.97. The van der Waals surface area contributed by atoms with Gasteiger partial charge in [-0.2, -0.15) is 12.6 Å². The van der Waals surface area contributed by atoms with Crippen LogP contribution in [-0.4, -0.2) is 11.5 Å². The monoisotopic (exact) mass is 244 g/mol. The molecule has 84 valence electrons. The number of halogens is 1. The largest absolute Gasteiger partial charge is 0.206 e. The number of hydrogen-bond acceptors (Lipinski definition) is 2. The van der Waals surface area contributed by atoms with E-state index in [1.165, 1.54) is 25.3 Å². The molecule has 0 aliphatic carbocycles. The van der Waals surface area contributed by atoms with Gasteiger partial charge in [0.15, 0.2) is 0 Å². The van der Waals surface area contributed by atoms with Crippen molar-refractivity contribution in [3.63, 3.8) is 0 Å². The maximum absolute atomic E-state index is 13.2. The lowest BCUT2D eigenvalue weighted by atomic mass is 10.2. The van der Waals surface area contributed by atoms with Gasteiger partial charge in [-0.1, -0.05) is 25.0 Å². The molecule has 0 aromatic heterocycles. The molecule has 1 aromatic carbocycles. The number of rotatable bonds is 7. The van der Waals surface area contributed by atoms with Crippen molar-refractivity contribution >= 4 is 24.4 Å². The van der Waals surface area contributed by atoms with Crippen LogP contribution in [0.15, 0.2) is 29.2 Å². The minimum Gasteiger partial charge on any atom is -0.206 e. The number of thioether (sulfide) groups is 1. The zero-order valence-corrected chi connectivity index (χ0v) is 10.5. The third kappa shape index (κ3) is 5.47. The highest BCUT2D eigenvalue weighted by atomic mass is 32.2. The van der Waals surface area contributed by atoms with Crippen molar-refractivity contribution in [2.75, 3.05) is 11.5 Å². The van der Waals surface area contributed by atoms with Gasteiger partial charge in [0.25, 0.3) is 0 Å². The number of benzene rings is 1. The first-order chi connectivity index (χ1) is 7.34. The number of hydrogen-bond donors (Lipinski definition) is 1. The van der Waals surface area contributed by atoms with E-state index in [-0.39, 0.29) is 5.82 Å². The summed E-state index contributed by atoms with van der Waals surface area (Å²) in [6.07, 6.45) is 4.81. The van der Waals surface area contributed by atoms with Crippen LogP contribution in [-0.2, 0) is 0 Å². The molecule has 0 bridgehead atoms. The summed E-state index contributed by atoms with van der Waals surface area (Å²) in [5.74, 6) is 1.88. The summed E-state index contributed by atoms with van der Waals surface area (Å²) in [6.45, 7) is 0. The van der Waals surface area contributed by atoms with Crippen molar-refractivity contribution in [3.8, 4) is 0 Å². The van der Waals surface area contributed by atoms with Gasteiger partial charge in [-0.05, 0) is 36.5 Å². The molecule has 0 radical (unpaired) electrons. The highest BCUT2D eigenvalue weighted by Crippen LogP contribution is 2.22. The Balaban J connectivity index is 2.12. The Labute approximate surface area is 101 Å². The lowest BCUT2D eigenvalue weighted by Gasteiger charge is -2.02. The van der Waals surface area contributed by atoms with Crippen molar-refractivity contribution in [2.24, 2.45) is 0 Å². The Hall–Kier alpha value is -0.150. The summed E-state index contributed by atoms with van der Waals surface area (Å²) in [5, 5.41) is 0. The van der Waals surface area contributed by atoms with Crippen LogP contribution < -0.4 is 0 Å². The molecule has 0 nitrogen and oxygen atoms in total. The normalized spacial score (nSPS) is 10.5. The van der Waals surface area contributed by atoms with E-state index in [0.717, 1.165) is 22.8 Å². The molecule has 0 amide bonds. The zero-order chi connectivity index (χ0) is 10.9. The first kappa shape index (κ1) is 12.9. The molecule has 0 heterocycles. The van der Waals surface area contributed by atoms with Gasteiger partial charge < -0.3 is 0 Å². The minimum atomic E-state index is -0.0992. The molecular formula is C12H17FS2. The number of thiol groups is 1. The molecule has 0 saturated heterocycles. The summed E-state index contributed by atoms with van der Waals surface area (Å²) in [5.41, 5.74) is 0. The molecule has 0 saturated carbocycles. The number of unbranched alkanes of at least 4 members (excludes halogenated alkanes) is 3. The topological polar surface area (TPSA) is 0 Å². The first-order valence-corrected chi connectivity index (χ1v) is 6.94. The van der Waals surface area contributed by atoms with E-state index < -0.39 is 0 Å². The molecule has 0 aliphatic rings. The van der Waals surface area contributed by atoms with Crippen LogP contribution in [0.2, 0.25) is 0 Å². The highest BCUT2D eigenvalue weighted by Gasteiger charge is 2.00. The van der Waals surface area contributed by atoms with Crippen LogP contribution in [0.1, 0.15) is 25.7 Å². The molecule has 0 atom stereocenters. The van der Waals surface area contributed by atoms with Crippen molar-refractivity contribution < 1.29 is 4.39 Å². The fourth-order valence-electron chi connectivity index (χ4n) is 1.31. The van der Waals surface area contributed by atoms with Gasteiger partial charge in [0.1, 0.15) is 5.82 Å². The van der Waals surface area contributed by atoms with Gasteiger partial charge in [-0.25, -0.2) is 4.39 Å². The second-order valence-corrected chi connectivity index (χ2v) is 5.00. The minimum absolute atomic E-state index is 0.0992. The van der Waals surface area contributed by atoms with E-state index in [1.54, 1.807) is 17.8 Å². The van der Waals surface area contributed by atoms with Crippen LogP contribution in [0.3, 0.4) is 0 Å². The summed E-state index contributed by atoms with van der Waals surface area (Å²) < 4.78 is 13.2. The molecule has 0 unspecified atom stereocenters. The quantitative estimate of drug-likeness (QED) is 0.421. The van der Waals surface area contributed by atoms with Crippen LogP contribution in [0.25, 0.3) is 0 Å². The average molecular weight is 244 g/mol. The van der Waals surface area contributed by atoms with Crippen molar-refractivity contribution in [2.45, 2.75) is 30.6 Å². The zero-order valence-electron chi connectivity index (χ0n) is 8.79. The summed E-state index contributed by atoms with van der Waals surface area (Å²) >= 11 is 5.77. The fraction of sp³-hybridized carbons (Fsp3) is 0.500. The summed E-state index contributed by atoms with van der Waals surface area (Å²) in [4.78, 5) is 0.770. The Morgan fingerprint density at radius 1 is 1.07 bits per heavy atom. The van der Waals surface area contributed by atoms with E-state index in [0.29, 0.717) is 0 Å². The predicted molar refractivity (Wildman–Crippen MR) is 69.4 cm³/mol. The second-order valence-electron chi connectivity index (χ2n) is 3.42. The predicted octanol–water partition coefficient (Wildman–Crippen LogP) is 4.41. The average Bonchev–Trinajstić information content (AvgIpc) is 2.25. The lowest BCUT2D eigenvalue weighted by molar-refractivity contribution is 0.601. The Morgan fingerprint density at radius 3 is 2.53 bits per heavy atom. The van der Waals surface area contributed by atoms with Gasteiger partial charge in [-0.15, -0.1) is 11.8 Å². The van der Waals surface area contributed by atoms with E-state index in [4.69, 9.17) is 0 Å². The fourth-order valence-corrected chi connectivity index (χ4v) is 2.48.